The van der Waals surface area contributed by atoms with Crippen LogP contribution in [0.1, 0.15) is 11.3 Å². The molecular formula is C13H14ClN2O5P. The van der Waals surface area contributed by atoms with Crippen molar-refractivity contribution in [2.75, 3.05) is 0 Å². The van der Waals surface area contributed by atoms with Gasteiger partial charge in [-0.15, -0.1) is 0 Å². The average molecular weight is 345 g/mol. The van der Waals surface area contributed by atoms with E-state index >= 15 is 0 Å². The van der Waals surface area contributed by atoms with Crippen LogP contribution in [-0.2, 0) is 21.9 Å². The average Bonchev–Trinajstić information content (AvgIpc) is 2.37. The number of carbonyl (C=O) groups is 1. The Morgan fingerprint density at radius 1 is 1.36 bits per heavy atom. The molecule has 22 heavy (non-hydrogen) atoms. The molecule has 0 unspecified atom stereocenters. The second kappa shape index (κ2) is 6.32. The maximum absolute atomic E-state index is 11.3. The summed E-state index contributed by atoms with van der Waals surface area (Å²) in [6, 6.07) is 5.24. The van der Waals surface area contributed by atoms with Crippen molar-refractivity contribution in [1.82, 2.24) is 4.98 Å². The third-order valence-corrected chi connectivity index (χ3v) is 4.04. The van der Waals surface area contributed by atoms with Gasteiger partial charge in [0.15, 0.2) is 0 Å². The summed E-state index contributed by atoms with van der Waals surface area (Å²) in [7, 11) is -4.33. The van der Waals surface area contributed by atoms with Crippen LogP contribution in [0, 0.1) is 0 Å². The van der Waals surface area contributed by atoms with E-state index in [0.29, 0.717) is 15.9 Å². The molecule has 0 amide bonds. The van der Waals surface area contributed by atoms with Gasteiger partial charge in [0, 0.05) is 22.5 Å². The zero-order chi connectivity index (χ0) is 16.5. The lowest BCUT2D eigenvalue weighted by molar-refractivity contribution is -0.138. The first-order chi connectivity index (χ1) is 10.2. The van der Waals surface area contributed by atoms with Gasteiger partial charge in [0.2, 0.25) is 0 Å². The number of rotatable bonds is 5. The quantitative estimate of drug-likeness (QED) is 0.604. The fourth-order valence-corrected chi connectivity index (χ4v) is 2.96. The van der Waals surface area contributed by atoms with Crippen LogP contribution in [-0.4, -0.2) is 31.9 Å². The standard InChI is InChI=1S/C13H14ClN2O5P/c14-9-1-2-11-7(4-9)3-8(6-22(19,20)21)12(16-11)5-10(15)13(17)18/h1-4,10H,5-6,15H2,(H,17,18)(H2,19,20,21)/t10-/m1/s1. The zero-order valence-corrected chi connectivity index (χ0v) is 13.0. The van der Waals surface area contributed by atoms with Gasteiger partial charge in [-0.1, -0.05) is 11.6 Å². The van der Waals surface area contributed by atoms with E-state index in [-0.39, 0.29) is 17.7 Å². The number of aromatic nitrogens is 1. The predicted octanol–water partition coefficient (Wildman–Crippen LogP) is 1.52. The normalized spacial score (nSPS) is 13.3. The molecule has 2 rings (SSSR count). The highest BCUT2D eigenvalue weighted by atomic mass is 35.5. The summed E-state index contributed by atoms with van der Waals surface area (Å²) >= 11 is 5.89. The lowest BCUT2D eigenvalue weighted by Crippen LogP contribution is -2.33. The largest absolute Gasteiger partial charge is 0.480 e. The highest BCUT2D eigenvalue weighted by molar-refractivity contribution is 7.50. The minimum Gasteiger partial charge on any atom is -0.480 e. The highest BCUT2D eigenvalue weighted by Crippen LogP contribution is 2.40. The number of nitrogens with two attached hydrogens (primary N) is 1. The number of carboxylic acids is 1. The van der Waals surface area contributed by atoms with Crippen molar-refractivity contribution in [1.29, 1.82) is 0 Å². The van der Waals surface area contributed by atoms with Crippen molar-refractivity contribution in [3.05, 3.63) is 40.5 Å². The van der Waals surface area contributed by atoms with E-state index in [9.17, 15) is 19.1 Å². The first kappa shape index (κ1) is 16.9. The molecule has 0 aliphatic heterocycles. The summed E-state index contributed by atoms with van der Waals surface area (Å²) in [4.78, 5) is 33.5. The van der Waals surface area contributed by atoms with Gasteiger partial charge in [-0.25, -0.2) is 0 Å². The number of benzene rings is 1. The fraction of sp³-hybridized carbons (Fsp3) is 0.231. The molecule has 118 valence electrons. The van der Waals surface area contributed by atoms with Crippen molar-refractivity contribution in [3.8, 4) is 0 Å². The van der Waals surface area contributed by atoms with Gasteiger partial charge in [0.25, 0.3) is 0 Å². The summed E-state index contributed by atoms with van der Waals surface area (Å²) in [5.74, 6) is -1.21. The molecule has 0 aliphatic carbocycles. The Hall–Kier alpha value is -1.50. The Kier molecular flexibility index (Phi) is 4.84. The molecule has 0 bridgehead atoms. The van der Waals surface area contributed by atoms with E-state index in [4.69, 9.17) is 22.4 Å². The summed E-state index contributed by atoms with van der Waals surface area (Å²) in [6.07, 6.45) is -0.659. The van der Waals surface area contributed by atoms with Crippen LogP contribution in [0.4, 0.5) is 0 Å². The van der Waals surface area contributed by atoms with Gasteiger partial charge in [0.1, 0.15) is 6.04 Å². The number of fused-ring (bicyclic) bond motifs is 1. The van der Waals surface area contributed by atoms with Gasteiger partial charge in [-0.3, -0.25) is 14.3 Å². The van der Waals surface area contributed by atoms with Gasteiger partial charge in [-0.05, 0) is 29.8 Å². The summed E-state index contributed by atoms with van der Waals surface area (Å²) in [6.45, 7) is 0. The molecule has 2 aromatic rings. The molecule has 1 aromatic heterocycles. The maximum Gasteiger partial charge on any atom is 0.329 e. The Labute approximate surface area is 130 Å². The van der Waals surface area contributed by atoms with Crippen molar-refractivity contribution in [2.24, 2.45) is 5.73 Å². The molecule has 1 atom stereocenters. The molecule has 5 N–H and O–H groups in total. The summed E-state index contributed by atoms with van der Waals surface area (Å²) in [5.41, 5.74) is 6.56. The number of pyridine rings is 1. The second-order valence-corrected chi connectivity index (χ2v) is 6.98. The summed E-state index contributed by atoms with van der Waals surface area (Å²) in [5, 5.41) is 9.97. The number of halogens is 1. The fourth-order valence-electron chi connectivity index (χ4n) is 2.06. The van der Waals surface area contributed by atoms with Crippen molar-refractivity contribution in [2.45, 2.75) is 18.6 Å². The number of hydrogen-bond acceptors (Lipinski definition) is 4. The van der Waals surface area contributed by atoms with Crippen LogP contribution in [0.2, 0.25) is 5.02 Å². The molecule has 0 spiro atoms. The molecular weight excluding hydrogens is 331 g/mol. The smallest absolute Gasteiger partial charge is 0.329 e. The van der Waals surface area contributed by atoms with E-state index in [1.807, 2.05) is 0 Å². The Bertz CT molecular complexity index is 776. The van der Waals surface area contributed by atoms with Crippen LogP contribution >= 0.6 is 19.2 Å². The van der Waals surface area contributed by atoms with Gasteiger partial charge in [0.05, 0.1) is 11.7 Å². The molecule has 0 radical (unpaired) electrons. The van der Waals surface area contributed by atoms with Crippen molar-refractivity contribution < 1.29 is 24.3 Å². The maximum atomic E-state index is 11.3. The molecule has 1 aromatic carbocycles. The highest BCUT2D eigenvalue weighted by Gasteiger charge is 2.21. The van der Waals surface area contributed by atoms with E-state index < -0.39 is 25.8 Å². The van der Waals surface area contributed by atoms with Crippen LogP contribution in [0.3, 0.4) is 0 Å². The number of nitrogens with zero attached hydrogens (tertiary/aromatic N) is 1. The Morgan fingerprint density at radius 3 is 2.64 bits per heavy atom. The van der Waals surface area contributed by atoms with E-state index in [1.165, 1.54) is 0 Å². The topological polar surface area (TPSA) is 134 Å². The monoisotopic (exact) mass is 344 g/mol. The number of aliphatic carboxylic acids is 1. The third-order valence-electron chi connectivity index (χ3n) is 3.05. The molecule has 0 fully saturated rings. The zero-order valence-electron chi connectivity index (χ0n) is 11.3. The Balaban J connectivity index is 2.54. The first-order valence-electron chi connectivity index (χ1n) is 6.27. The SMILES string of the molecule is N[C@H](Cc1nc2ccc(Cl)cc2cc1CP(=O)(O)O)C(=O)O. The van der Waals surface area contributed by atoms with Crippen LogP contribution in [0.5, 0.6) is 0 Å². The lowest BCUT2D eigenvalue weighted by Gasteiger charge is -2.13. The summed E-state index contributed by atoms with van der Waals surface area (Å²) < 4.78 is 11.3. The van der Waals surface area contributed by atoms with Gasteiger partial charge >= 0.3 is 13.6 Å². The van der Waals surface area contributed by atoms with Crippen molar-refractivity contribution in [3.63, 3.8) is 0 Å². The third kappa shape index (κ3) is 4.25. The molecule has 0 saturated heterocycles. The van der Waals surface area contributed by atoms with Crippen LogP contribution < -0.4 is 5.73 Å². The minimum atomic E-state index is -4.33. The number of carboxylic acid groups (broad SMARTS) is 1. The van der Waals surface area contributed by atoms with Crippen molar-refractivity contribution >= 4 is 36.1 Å². The van der Waals surface area contributed by atoms with Gasteiger partial charge < -0.3 is 20.6 Å². The van der Waals surface area contributed by atoms with Crippen LogP contribution in [0.15, 0.2) is 24.3 Å². The first-order valence-corrected chi connectivity index (χ1v) is 8.44. The molecule has 0 saturated carbocycles. The predicted molar refractivity (Wildman–Crippen MR) is 81.8 cm³/mol. The van der Waals surface area contributed by atoms with Crippen LogP contribution in [0.25, 0.3) is 10.9 Å². The van der Waals surface area contributed by atoms with E-state index in [2.05, 4.69) is 4.98 Å². The van der Waals surface area contributed by atoms with E-state index in [1.54, 1.807) is 24.3 Å². The molecule has 7 nitrogen and oxygen atoms in total. The molecule has 9 heteroatoms. The number of hydrogen-bond donors (Lipinski definition) is 4. The van der Waals surface area contributed by atoms with E-state index in [0.717, 1.165) is 0 Å². The lowest BCUT2D eigenvalue weighted by atomic mass is 10.0. The Morgan fingerprint density at radius 2 is 2.05 bits per heavy atom. The molecule has 1 heterocycles. The minimum absolute atomic E-state index is 0.122. The second-order valence-electron chi connectivity index (χ2n) is 4.90. The molecule has 0 aliphatic rings. The van der Waals surface area contributed by atoms with Gasteiger partial charge in [-0.2, -0.15) is 0 Å².